The normalized spacial score (nSPS) is 10.3. The van der Waals surface area contributed by atoms with Crippen LogP contribution in [0, 0.1) is 5.82 Å². The SMILES string of the molecule is Nc1cnc(CCc2ccccc2F)nc1. The molecule has 4 heteroatoms. The molecule has 16 heavy (non-hydrogen) atoms. The second-order valence-electron chi connectivity index (χ2n) is 3.52. The van der Waals surface area contributed by atoms with E-state index in [1.54, 1.807) is 24.5 Å². The highest BCUT2D eigenvalue weighted by Gasteiger charge is 2.02. The number of anilines is 1. The highest BCUT2D eigenvalue weighted by Crippen LogP contribution is 2.09. The summed E-state index contributed by atoms with van der Waals surface area (Å²) in [6, 6.07) is 6.73. The van der Waals surface area contributed by atoms with E-state index in [1.807, 2.05) is 6.07 Å². The summed E-state index contributed by atoms with van der Waals surface area (Å²) in [6.07, 6.45) is 4.32. The molecular formula is C12H12FN3. The topological polar surface area (TPSA) is 51.8 Å². The standard InChI is InChI=1S/C12H12FN3/c13-11-4-2-1-3-9(11)5-6-12-15-7-10(14)8-16-12/h1-4,7-8H,5-6,14H2. The van der Waals surface area contributed by atoms with Crippen molar-refractivity contribution in [3.63, 3.8) is 0 Å². The predicted molar refractivity (Wildman–Crippen MR) is 60.3 cm³/mol. The number of benzene rings is 1. The number of nitrogens with two attached hydrogens (primary N) is 1. The number of nitrogens with zero attached hydrogens (tertiary/aromatic N) is 2. The van der Waals surface area contributed by atoms with Crippen LogP contribution in [0.1, 0.15) is 11.4 Å². The summed E-state index contributed by atoms with van der Waals surface area (Å²) in [5.74, 6) is 0.496. The smallest absolute Gasteiger partial charge is 0.128 e. The Morgan fingerprint density at radius 2 is 1.75 bits per heavy atom. The molecule has 0 bridgehead atoms. The maximum absolute atomic E-state index is 13.3. The predicted octanol–water partition coefficient (Wildman–Crippen LogP) is 1.98. The number of hydrogen-bond donors (Lipinski definition) is 1. The molecule has 0 amide bonds. The fraction of sp³-hybridized carbons (Fsp3) is 0.167. The number of rotatable bonds is 3. The zero-order chi connectivity index (χ0) is 11.4. The van der Waals surface area contributed by atoms with Crippen LogP contribution in [-0.4, -0.2) is 9.97 Å². The average Bonchev–Trinajstić information content (AvgIpc) is 2.30. The van der Waals surface area contributed by atoms with Crippen LogP contribution < -0.4 is 5.73 Å². The Bertz CT molecular complexity index is 468. The van der Waals surface area contributed by atoms with E-state index >= 15 is 0 Å². The molecule has 1 aromatic carbocycles. The summed E-state index contributed by atoms with van der Waals surface area (Å²) >= 11 is 0. The molecule has 0 aliphatic carbocycles. The fourth-order valence-electron chi connectivity index (χ4n) is 1.44. The first-order valence-electron chi connectivity index (χ1n) is 5.05. The van der Waals surface area contributed by atoms with E-state index in [-0.39, 0.29) is 5.82 Å². The second kappa shape index (κ2) is 4.70. The number of aryl methyl sites for hydroxylation is 2. The number of aromatic nitrogens is 2. The van der Waals surface area contributed by atoms with E-state index < -0.39 is 0 Å². The summed E-state index contributed by atoms with van der Waals surface area (Å²) in [5, 5.41) is 0. The summed E-state index contributed by atoms with van der Waals surface area (Å²) in [5.41, 5.74) is 6.69. The van der Waals surface area contributed by atoms with Gasteiger partial charge >= 0.3 is 0 Å². The Hall–Kier alpha value is -1.97. The van der Waals surface area contributed by atoms with Gasteiger partial charge in [-0.15, -0.1) is 0 Å². The Morgan fingerprint density at radius 3 is 2.44 bits per heavy atom. The second-order valence-corrected chi connectivity index (χ2v) is 3.52. The quantitative estimate of drug-likeness (QED) is 0.855. The number of halogens is 1. The van der Waals surface area contributed by atoms with Crippen molar-refractivity contribution in [3.05, 3.63) is 53.9 Å². The Balaban J connectivity index is 2.02. The van der Waals surface area contributed by atoms with Gasteiger partial charge < -0.3 is 5.73 Å². The zero-order valence-corrected chi connectivity index (χ0v) is 8.73. The van der Waals surface area contributed by atoms with Crippen LogP contribution in [0.2, 0.25) is 0 Å². The first-order chi connectivity index (χ1) is 7.75. The highest BCUT2D eigenvalue weighted by atomic mass is 19.1. The molecule has 0 fully saturated rings. The fourth-order valence-corrected chi connectivity index (χ4v) is 1.44. The monoisotopic (exact) mass is 217 g/mol. The largest absolute Gasteiger partial charge is 0.396 e. The summed E-state index contributed by atoms with van der Waals surface area (Å²) in [6.45, 7) is 0. The van der Waals surface area contributed by atoms with E-state index in [9.17, 15) is 4.39 Å². The van der Waals surface area contributed by atoms with Gasteiger partial charge in [-0.2, -0.15) is 0 Å². The summed E-state index contributed by atoms with van der Waals surface area (Å²) in [7, 11) is 0. The maximum Gasteiger partial charge on any atom is 0.128 e. The molecule has 0 aliphatic rings. The van der Waals surface area contributed by atoms with Crippen molar-refractivity contribution in [1.82, 2.24) is 9.97 Å². The van der Waals surface area contributed by atoms with Gasteiger partial charge in [0.25, 0.3) is 0 Å². The van der Waals surface area contributed by atoms with Gasteiger partial charge in [-0.3, -0.25) is 0 Å². The van der Waals surface area contributed by atoms with Crippen molar-refractivity contribution < 1.29 is 4.39 Å². The van der Waals surface area contributed by atoms with Gasteiger partial charge in [0, 0.05) is 6.42 Å². The molecule has 0 saturated heterocycles. The van der Waals surface area contributed by atoms with Gasteiger partial charge in [0.05, 0.1) is 18.1 Å². The molecular weight excluding hydrogens is 205 g/mol. The molecule has 3 nitrogen and oxygen atoms in total. The highest BCUT2D eigenvalue weighted by molar-refractivity contribution is 5.30. The maximum atomic E-state index is 13.3. The summed E-state index contributed by atoms with van der Waals surface area (Å²) in [4.78, 5) is 8.13. The molecule has 1 heterocycles. The van der Waals surface area contributed by atoms with Crippen LogP contribution in [0.5, 0.6) is 0 Å². The molecule has 0 radical (unpaired) electrons. The molecule has 0 spiro atoms. The molecule has 2 aromatic rings. The minimum absolute atomic E-state index is 0.182. The van der Waals surface area contributed by atoms with E-state index in [4.69, 9.17) is 5.73 Å². The number of hydrogen-bond acceptors (Lipinski definition) is 3. The molecule has 1 aromatic heterocycles. The van der Waals surface area contributed by atoms with Crippen molar-refractivity contribution in [3.8, 4) is 0 Å². The van der Waals surface area contributed by atoms with Crippen LogP contribution in [0.4, 0.5) is 10.1 Å². The van der Waals surface area contributed by atoms with Crippen molar-refractivity contribution in [2.24, 2.45) is 0 Å². The lowest BCUT2D eigenvalue weighted by Crippen LogP contribution is -2.00. The lowest BCUT2D eigenvalue weighted by Gasteiger charge is -2.02. The van der Waals surface area contributed by atoms with Gasteiger partial charge in [-0.25, -0.2) is 14.4 Å². The molecule has 0 aliphatic heterocycles. The van der Waals surface area contributed by atoms with Crippen LogP contribution in [0.3, 0.4) is 0 Å². The summed E-state index contributed by atoms with van der Waals surface area (Å²) < 4.78 is 13.3. The van der Waals surface area contributed by atoms with E-state index in [0.29, 0.717) is 29.9 Å². The van der Waals surface area contributed by atoms with Gasteiger partial charge in [-0.1, -0.05) is 18.2 Å². The molecule has 2 N–H and O–H groups in total. The minimum Gasteiger partial charge on any atom is -0.396 e. The Labute approximate surface area is 93.2 Å². The molecule has 2 rings (SSSR count). The molecule has 0 saturated carbocycles. The van der Waals surface area contributed by atoms with Crippen LogP contribution >= 0.6 is 0 Å². The Kier molecular flexibility index (Phi) is 3.10. The first-order valence-corrected chi connectivity index (χ1v) is 5.05. The Morgan fingerprint density at radius 1 is 1.06 bits per heavy atom. The average molecular weight is 217 g/mol. The third kappa shape index (κ3) is 2.53. The van der Waals surface area contributed by atoms with Crippen LogP contribution in [0.15, 0.2) is 36.7 Å². The van der Waals surface area contributed by atoms with Crippen molar-refractivity contribution in [2.75, 3.05) is 5.73 Å². The van der Waals surface area contributed by atoms with E-state index in [0.717, 1.165) is 0 Å². The van der Waals surface area contributed by atoms with Crippen LogP contribution in [-0.2, 0) is 12.8 Å². The van der Waals surface area contributed by atoms with Crippen molar-refractivity contribution in [2.45, 2.75) is 12.8 Å². The van der Waals surface area contributed by atoms with E-state index in [1.165, 1.54) is 6.07 Å². The molecule has 0 unspecified atom stereocenters. The lowest BCUT2D eigenvalue weighted by atomic mass is 10.1. The van der Waals surface area contributed by atoms with Gasteiger partial charge in [0.2, 0.25) is 0 Å². The van der Waals surface area contributed by atoms with Gasteiger partial charge in [0.1, 0.15) is 11.6 Å². The molecule has 82 valence electrons. The number of nitrogen functional groups attached to an aromatic ring is 1. The molecule has 0 atom stereocenters. The van der Waals surface area contributed by atoms with Gasteiger partial charge in [0.15, 0.2) is 0 Å². The zero-order valence-electron chi connectivity index (χ0n) is 8.73. The minimum atomic E-state index is -0.182. The third-order valence-corrected chi connectivity index (χ3v) is 2.30. The van der Waals surface area contributed by atoms with Crippen LogP contribution in [0.25, 0.3) is 0 Å². The van der Waals surface area contributed by atoms with Gasteiger partial charge in [-0.05, 0) is 18.1 Å². The van der Waals surface area contributed by atoms with E-state index in [2.05, 4.69) is 9.97 Å². The first kappa shape index (κ1) is 10.5. The van der Waals surface area contributed by atoms with Crippen molar-refractivity contribution in [1.29, 1.82) is 0 Å². The lowest BCUT2D eigenvalue weighted by molar-refractivity contribution is 0.607. The van der Waals surface area contributed by atoms with Crippen molar-refractivity contribution >= 4 is 5.69 Å². The third-order valence-electron chi connectivity index (χ3n) is 2.30.